The largest absolute Gasteiger partial charge is 0.490 e. The lowest BCUT2D eigenvalue weighted by atomic mass is 10.1. The number of hydrogen-bond donors (Lipinski definition) is 3. The van der Waals surface area contributed by atoms with Gasteiger partial charge in [0.05, 0.1) is 5.56 Å². The molecule has 1 aromatic rings. The Morgan fingerprint density at radius 2 is 1.67 bits per heavy atom. The van der Waals surface area contributed by atoms with E-state index in [-0.39, 0.29) is 17.5 Å². The molecule has 1 amide bonds. The number of rotatable bonds is 4. The number of nitrogens with zero attached hydrogens (tertiary/aromatic N) is 1. The highest BCUT2D eigenvalue weighted by Crippen LogP contribution is 2.13. The fraction of sp³-hybridized carbons (Fsp3) is 0.357. The maximum absolute atomic E-state index is 11.9. The van der Waals surface area contributed by atoms with Crippen LogP contribution in [-0.4, -0.2) is 58.8 Å². The van der Waals surface area contributed by atoms with Gasteiger partial charge in [-0.15, -0.1) is 0 Å². The van der Waals surface area contributed by atoms with Crippen LogP contribution in [0.15, 0.2) is 24.3 Å². The van der Waals surface area contributed by atoms with Crippen LogP contribution in [0.25, 0.3) is 0 Å². The van der Waals surface area contributed by atoms with Gasteiger partial charge in [0, 0.05) is 25.2 Å². The van der Waals surface area contributed by atoms with Crippen LogP contribution in [0.2, 0.25) is 0 Å². The Morgan fingerprint density at radius 3 is 2.04 bits per heavy atom. The summed E-state index contributed by atoms with van der Waals surface area (Å²) in [6.45, 7) is 2.23. The van der Waals surface area contributed by atoms with E-state index in [1.54, 1.807) is 26.1 Å². The average molecular weight is 350 g/mol. The lowest BCUT2D eigenvalue weighted by Gasteiger charge is -2.19. The smallest absolute Gasteiger partial charge is 0.478 e. The Hall–Kier alpha value is -2.62. The summed E-state index contributed by atoms with van der Waals surface area (Å²) < 4.78 is 31.7. The van der Waals surface area contributed by atoms with Gasteiger partial charge in [-0.2, -0.15) is 13.2 Å². The number of benzene rings is 1. The molecule has 24 heavy (non-hydrogen) atoms. The van der Waals surface area contributed by atoms with Crippen LogP contribution in [0.5, 0.6) is 0 Å². The molecule has 1 aromatic carbocycles. The van der Waals surface area contributed by atoms with Crippen molar-refractivity contribution in [2.75, 3.05) is 13.6 Å². The van der Waals surface area contributed by atoms with Crippen molar-refractivity contribution in [2.24, 2.45) is 5.73 Å². The van der Waals surface area contributed by atoms with Gasteiger partial charge in [0.1, 0.15) is 0 Å². The summed E-state index contributed by atoms with van der Waals surface area (Å²) in [5, 5.41) is 16.0. The SMILES string of the molecule is CC(N)CN(C)C(=O)c1cccc(C(=O)O)c1.O=C(O)C(F)(F)F. The molecule has 0 saturated carbocycles. The van der Waals surface area contributed by atoms with Crippen LogP contribution in [0.3, 0.4) is 0 Å². The number of aromatic carboxylic acids is 1. The molecule has 4 N–H and O–H groups in total. The van der Waals surface area contributed by atoms with Crippen molar-refractivity contribution in [3.05, 3.63) is 35.4 Å². The van der Waals surface area contributed by atoms with Crippen molar-refractivity contribution < 1.29 is 37.8 Å². The van der Waals surface area contributed by atoms with Gasteiger partial charge >= 0.3 is 18.1 Å². The number of aliphatic carboxylic acids is 1. The van der Waals surface area contributed by atoms with Gasteiger partial charge in [-0.1, -0.05) is 6.07 Å². The van der Waals surface area contributed by atoms with E-state index in [2.05, 4.69) is 0 Å². The van der Waals surface area contributed by atoms with E-state index in [9.17, 15) is 22.8 Å². The van der Waals surface area contributed by atoms with Crippen LogP contribution >= 0.6 is 0 Å². The number of carboxylic acids is 2. The predicted molar refractivity (Wildman–Crippen MR) is 77.7 cm³/mol. The van der Waals surface area contributed by atoms with Crippen molar-refractivity contribution in [1.29, 1.82) is 0 Å². The topological polar surface area (TPSA) is 121 Å². The molecule has 10 heteroatoms. The number of likely N-dealkylation sites (N-methyl/N-ethyl adjacent to an activating group) is 1. The van der Waals surface area contributed by atoms with E-state index >= 15 is 0 Å². The van der Waals surface area contributed by atoms with Gasteiger partial charge in [0.2, 0.25) is 0 Å². The molecule has 0 heterocycles. The minimum atomic E-state index is -5.08. The summed E-state index contributed by atoms with van der Waals surface area (Å²) in [4.78, 5) is 33.1. The van der Waals surface area contributed by atoms with Crippen LogP contribution in [0.1, 0.15) is 27.6 Å². The standard InChI is InChI=1S/C12H16N2O3.C2HF3O2/c1-8(13)7-14(2)11(15)9-4-3-5-10(6-9)12(16)17;3-2(4,5)1(6)7/h3-6,8H,7,13H2,1-2H3,(H,16,17);(H,6,7). The molecule has 1 rings (SSSR count). The van der Waals surface area contributed by atoms with Crippen molar-refractivity contribution in [3.8, 4) is 0 Å². The van der Waals surface area contributed by atoms with Crippen molar-refractivity contribution in [1.82, 2.24) is 4.90 Å². The first-order chi connectivity index (χ1) is 10.9. The van der Waals surface area contributed by atoms with E-state index in [0.29, 0.717) is 12.1 Å². The number of amides is 1. The Bertz CT molecular complexity index is 602. The zero-order valence-electron chi connectivity index (χ0n) is 12.9. The van der Waals surface area contributed by atoms with Crippen molar-refractivity contribution >= 4 is 17.8 Å². The third kappa shape index (κ3) is 7.58. The zero-order chi connectivity index (χ0) is 19.1. The number of alkyl halides is 3. The first-order valence-corrected chi connectivity index (χ1v) is 6.50. The molecule has 0 spiro atoms. The molecule has 1 atom stereocenters. The molecule has 0 fully saturated rings. The second-order valence-corrected chi connectivity index (χ2v) is 4.85. The van der Waals surface area contributed by atoms with Gasteiger partial charge in [-0.25, -0.2) is 9.59 Å². The Morgan fingerprint density at radius 1 is 1.21 bits per heavy atom. The van der Waals surface area contributed by atoms with Gasteiger partial charge in [0.25, 0.3) is 5.91 Å². The van der Waals surface area contributed by atoms with Crippen LogP contribution in [0.4, 0.5) is 13.2 Å². The van der Waals surface area contributed by atoms with Crippen molar-refractivity contribution in [2.45, 2.75) is 19.1 Å². The molecule has 0 aliphatic heterocycles. The molecule has 0 aromatic heterocycles. The van der Waals surface area contributed by atoms with E-state index in [1.165, 1.54) is 17.0 Å². The van der Waals surface area contributed by atoms with E-state index in [4.69, 9.17) is 20.7 Å². The number of nitrogens with two attached hydrogens (primary N) is 1. The number of halogens is 3. The highest BCUT2D eigenvalue weighted by atomic mass is 19.4. The monoisotopic (exact) mass is 350 g/mol. The highest BCUT2D eigenvalue weighted by Gasteiger charge is 2.38. The first kappa shape index (κ1) is 21.4. The first-order valence-electron chi connectivity index (χ1n) is 6.50. The van der Waals surface area contributed by atoms with Gasteiger partial charge < -0.3 is 20.8 Å². The lowest BCUT2D eigenvalue weighted by Crippen LogP contribution is -2.37. The maximum Gasteiger partial charge on any atom is 0.490 e. The lowest BCUT2D eigenvalue weighted by molar-refractivity contribution is -0.192. The second-order valence-electron chi connectivity index (χ2n) is 4.85. The average Bonchev–Trinajstić information content (AvgIpc) is 2.45. The molecule has 7 nitrogen and oxygen atoms in total. The Labute approximate surface area is 135 Å². The Kier molecular flexibility index (Phi) is 7.90. The summed E-state index contributed by atoms with van der Waals surface area (Å²) in [6.07, 6.45) is -5.08. The van der Waals surface area contributed by atoms with Gasteiger partial charge in [-0.3, -0.25) is 4.79 Å². The van der Waals surface area contributed by atoms with E-state index in [1.807, 2.05) is 0 Å². The third-order valence-electron chi connectivity index (χ3n) is 2.51. The molecular weight excluding hydrogens is 333 g/mol. The summed E-state index contributed by atoms with van der Waals surface area (Å²) in [5.41, 5.74) is 6.06. The van der Waals surface area contributed by atoms with Crippen LogP contribution in [0, 0.1) is 0 Å². The minimum absolute atomic E-state index is 0.102. The molecule has 0 saturated heterocycles. The van der Waals surface area contributed by atoms with E-state index < -0.39 is 18.1 Å². The number of carboxylic acid groups (broad SMARTS) is 2. The van der Waals surface area contributed by atoms with Crippen molar-refractivity contribution in [3.63, 3.8) is 0 Å². The van der Waals surface area contributed by atoms with Gasteiger partial charge in [-0.05, 0) is 25.1 Å². The molecule has 1 unspecified atom stereocenters. The molecule has 134 valence electrons. The summed E-state index contributed by atoms with van der Waals surface area (Å²) in [5.74, 6) is -4.03. The third-order valence-corrected chi connectivity index (χ3v) is 2.51. The number of carbonyl (C=O) groups is 3. The van der Waals surface area contributed by atoms with E-state index in [0.717, 1.165) is 0 Å². The fourth-order valence-electron chi connectivity index (χ4n) is 1.52. The minimum Gasteiger partial charge on any atom is -0.478 e. The fourth-order valence-corrected chi connectivity index (χ4v) is 1.52. The molecular formula is C14H17F3N2O5. The Balaban J connectivity index is 0.000000640. The van der Waals surface area contributed by atoms with Crippen LogP contribution < -0.4 is 5.73 Å². The maximum atomic E-state index is 11.9. The number of hydrogen-bond acceptors (Lipinski definition) is 4. The normalized spacial score (nSPS) is 11.8. The predicted octanol–water partition coefficient (Wildman–Crippen LogP) is 1.44. The molecule has 0 aliphatic rings. The quantitative estimate of drug-likeness (QED) is 0.755. The summed E-state index contributed by atoms with van der Waals surface area (Å²) >= 11 is 0. The molecule has 0 bridgehead atoms. The highest BCUT2D eigenvalue weighted by molar-refractivity contribution is 5.97. The number of carbonyl (C=O) groups excluding carboxylic acids is 1. The second kappa shape index (κ2) is 8.87. The summed E-state index contributed by atoms with van der Waals surface area (Å²) in [7, 11) is 1.64. The van der Waals surface area contributed by atoms with Gasteiger partial charge in [0.15, 0.2) is 0 Å². The zero-order valence-corrected chi connectivity index (χ0v) is 12.9. The molecule has 0 aliphatic carbocycles. The summed E-state index contributed by atoms with van der Waals surface area (Å²) in [6, 6.07) is 5.84. The van der Waals surface area contributed by atoms with Crippen LogP contribution in [-0.2, 0) is 4.79 Å². The molecule has 0 radical (unpaired) electrons.